The maximum Gasteiger partial charge on any atom is 0.232 e. The molecule has 0 radical (unpaired) electrons. The number of carbonyl (C=O) groups is 1. The van der Waals surface area contributed by atoms with Crippen LogP contribution in [-0.2, 0) is 18.5 Å². The molecule has 1 amide bonds. The molecule has 2 atom stereocenters. The summed E-state index contributed by atoms with van der Waals surface area (Å²) >= 11 is 1.20. The highest BCUT2D eigenvalue weighted by Crippen LogP contribution is 2.10. The van der Waals surface area contributed by atoms with Gasteiger partial charge in [0.15, 0.2) is 0 Å². The minimum Gasteiger partial charge on any atom is -0.374 e. The molecular weight excluding hydrogens is 364 g/mol. The lowest BCUT2D eigenvalue weighted by Gasteiger charge is -2.23. The molecule has 0 saturated carbocycles. The number of nitrogens with zero attached hydrogens (tertiary/aromatic N) is 1. The van der Waals surface area contributed by atoms with Crippen molar-refractivity contribution >= 4 is 30.1 Å². The van der Waals surface area contributed by atoms with Crippen molar-refractivity contribution in [2.75, 3.05) is 26.0 Å². The van der Waals surface area contributed by atoms with Crippen molar-refractivity contribution < 1.29 is 18.5 Å². The van der Waals surface area contributed by atoms with Gasteiger partial charge in [0, 0.05) is 38.5 Å². The Kier molecular flexibility index (Phi) is 9.83. The van der Waals surface area contributed by atoms with Crippen molar-refractivity contribution in [2.45, 2.75) is 51.4 Å². The summed E-state index contributed by atoms with van der Waals surface area (Å²) in [4.78, 5) is 16.0. The number of nitrogens with one attached hydrogen (secondary N) is 1. The van der Waals surface area contributed by atoms with Gasteiger partial charge < -0.3 is 19.0 Å². The molecule has 1 aliphatic carbocycles. The summed E-state index contributed by atoms with van der Waals surface area (Å²) in [5.41, 5.74) is 0. The molecule has 1 aromatic rings. The molecule has 1 aromatic heterocycles. The zero-order valence-electron chi connectivity index (χ0n) is 16.3. The van der Waals surface area contributed by atoms with Crippen LogP contribution in [0.15, 0.2) is 18.3 Å². The summed E-state index contributed by atoms with van der Waals surface area (Å²) in [6.45, 7) is 5.23. The molecule has 1 N–H and O–H groups in total. The van der Waals surface area contributed by atoms with Gasteiger partial charge in [0.1, 0.15) is 12.2 Å². The standard InChI is InChI=1S/C20H30N2O4S/c1-15(2)26-27-14-20(23)22-9-5-4-6-11-25-19-13-17-16(8-7-10-21-17)12-18(19)24-3/h7-8,10,12-13,15,18-19H,4-6,9,11,14H2,1-3H3,(H,22,23). The quantitative estimate of drug-likeness (QED) is 0.427. The van der Waals surface area contributed by atoms with E-state index in [0.717, 1.165) is 29.8 Å². The summed E-state index contributed by atoms with van der Waals surface area (Å²) in [5, 5.41) is 4.93. The van der Waals surface area contributed by atoms with Crippen LogP contribution in [0.3, 0.4) is 0 Å². The number of ether oxygens (including phenoxy) is 2. The minimum absolute atomic E-state index is 0.0124. The predicted octanol–water partition coefficient (Wildman–Crippen LogP) is 1.42. The van der Waals surface area contributed by atoms with Crippen molar-refractivity contribution in [3.63, 3.8) is 0 Å². The molecule has 0 aromatic carbocycles. The molecule has 2 rings (SSSR count). The normalized spacial score (nSPS) is 18.5. The number of hydrogen-bond donors (Lipinski definition) is 1. The zero-order valence-corrected chi connectivity index (χ0v) is 17.2. The van der Waals surface area contributed by atoms with Gasteiger partial charge in [-0.05, 0) is 56.5 Å². The molecule has 0 aliphatic heterocycles. The summed E-state index contributed by atoms with van der Waals surface area (Å²) in [6, 6.07) is 3.95. The molecular formula is C20H30N2O4S. The topological polar surface area (TPSA) is 69.7 Å². The first-order valence-electron chi connectivity index (χ1n) is 9.44. The van der Waals surface area contributed by atoms with Crippen LogP contribution in [0.5, 0.6) is 0 Å². The summed E-state index contributed by atoms with van der Waals surface area (Å²) in [6.07, 6.45) is 8.67. The maximum absolute atomic E-state index is 11.6. The fourth-order valence-electron chi connectivity index (χ4n) is 2.70. The monoisotopic (exact) mass is 394 g/mol. The Hall–Kier alpha value is -1.41. The van der Waals surface area contributed by atoms with E-state index in [1.165, 1.54) is 12.0 Å². The van der Waals surface area contributed by atoms with E-state index in [-0.39, 0.29) is 24.2 Å². The highest BCUT2D eigenvalue weighted by molar-refractivity contribution is 7.95. The number of carbonyl (C=O) groups excluding carboxylic acids is 1. The molecule has 0 spiro atoms. The molecule has 7 heteroatoms. The van der Waals surface area contributed by atoms with E-state index in [1.54, 1.807) is 13.3 Å². The molecule has 0 fully saturated rings. The molecule has 150 valence electrons. The van der Waals surface area contributed by atoms with Crippen molar-refractivity contribution in [3.8, 4) is 0 Å². The average molecular weight is 395 g/mol. The maximum atomic E-state index is 11.6. The third-order valence-electron chi connectivity index (χ3n) is 4.04. The van der Waals surface area contributed by atoms with Crippen LogP contribution in [0.1, 0.15) is 33.1 Å². The molecule has 2 unspecified atom stereocenters. The average Bonchev–Trinajstić information content (AvgIpc) is 2.66. The van der Waals surface area contributed by atoms with Gasteiger partial charge in [0.25, 0.3) is 0 Å². The first-order chi connectivity index (χ1) is 13.1. The molecule has 27 heavy (non-hydrogen) atoms. The van der Waals surface area contributed by atoms with Gasteiger partial charge in [-0.3, -0.25) is 9.78 Å². The van der Waals surface area contributed by atoms with Gasteiger partial charge in [-0.2, -0.15) is 0 Å². The fourth-order valence-corrected chi connectivity index (χ4v) is 3.25. The Morgan fingerprint density at radius 1 is 1.26 bits per heavy atom. The van der Waals surface area contributed by atoms with E-state index in [4.69, 9.17) is 13.7 Å². The smallest absolute Gasteiger partial charge is 0.232 e. The Morgan fingerprint density at radius 2 is 2.11 bits per heavy atom. The number of fused-ring (bicyclic) bond motifs is 1. The second-order valence-corrected chi connectivity index (χ2v) is 7.38. The third-order valence-corrected chi connectivity index (χ3v) is 4.94. The summed E-state index contributed by atoms with van der Waals surface area (Å²) in [7, 11) is 1.69. The van der Waals surface area contributed by atoms with E-state index < -0.39 is 0 Å². The van der Waals surface area contributed by atoms with Crippen LogP contribution in [0.25, 0.3) is 12.2 Å². The van der Waals surface area contributed by atoms with Gasteiger partial charge in [-0.1, -0.05) is 6.07 Å². The van der Waals surface area contributed by atoms with Crippen LogP contribution >= 0.6 is 12.0 Å². The van der Waals surface area contributed by atoms with Gasteiger partial charge in [-0.15, -0.1) is 0 Å². The molecule has 0 bridgehead atoms. The predicted molar refractivity (Wildman–Crippen MR) is 108 cm³/mol. The number of aromatic nitrogens is 1. The number of hydrogen-bond acceptors (Lipinski definition) is 6. The SMILES string of the molecule is COC1C=c2cccnc2=CC1OCCCCCNC(=O)CSOC(C)C. The number of unbranched alkanes of at least 4 members (excludes halogenated alkanes) is 2. The summed E-state index contributed by atoms with van der Waals surface area (Å²) < 4.78 is 16.8. The number of pyridine rings is 1. The first kappa shape index (κ1) is 21.9. The first-order valence-corrected chi connectivity index (χ1v) is 10.4. The lowest BCUT2D eigenvalue weighted by molar-refractivity contribution is -0.118. The van der Waals surface area contributed by atoms with Gasteiger partial charge in [0.05, 0.1) is 17.2 Å². The van der Waals surface area contributed by atoms with Crippen LogP contribution in [-0.4, -0.2) is 55.2 Å². The van der Waals surface area contributed by atoms with Gasteiger partial charge in [-0.25, -0.2) is 0 Å². The van der Waals surface area contributed by atoms with E-state index in [0.29, 0.717) is 18.9 Å². The zero-order chi connectivity index (χ0) is 19.5. The van der Waals surface area contributed by atoms with E-state index >= 15 is 0 Å². The lowest BCUT2D eigenvalue weighted by atomic mass is 10.1. The number of amides is 1. The van der Waals surface area contributed by atoms with Crippen LogP contribution in [0.2, 0.25) is 0 Å². The van der Waals surface area contributed by atoms with Crippen LogP contribution < -0.4 is 15.9 Å². The highest BCUT2D eigenvalue weighted by Gasteiger charge is 2.20. The second-order valence-electron chi connectivity index (χ2n) is 6.66. The third kappa shape index (κ3) is 8.01. The van der Waals surface area contributed by atoms with E-state index in [9.17, 15) is 4.79 Å². The molecule has 0 saturated heterocycles. The largest absolute Gasteiger partial charge is 0.374 e. The van der Waals surface area contributed by atoms with Gasteiger partial charge >= 0.3 is 0 Å². The Labute approximate surface area is 165 Å². The second kappa shape index (κ2) is 12.1. The Bertz CT molecular complexity index is 695. The van der Waals surface area contributed by atoms with Crippen molar-refractivity contribution in [2.24, 2.45) is 0 Å². The fraction of sp³-hybridized carbons (Fsp3) is 0.600. The Morgan fingerprint density at radius 3 is 2.89 bits per heavy atom. The minimum atomic E-state index is -0.116. The molecule has 1 heterocycles. The number of methoxy groups -OCH3 is 1. The molecule has 1 aliphatic rings. The van der Waals surface area contributed by atoms with Crippen molar-refractivity contribution in [1.29, 1.82) is 0 Å². The van der Waals surface area contributed by atoms with E-state index in [1.807, 2.05) is 32.1 Å². The Balaban J connectivity index is 1.59. The summed E-state index contributed by atoms with van der Waals surface area (Å²) in [5.74, 6) is 0.349. The lowest BCUT2D eigenvalue weighted by Crippen LogP contribution is -2.41. The highest BCUT2D eigenvalue weighted by atomic mass is 32.2. The van der Waals surface area contributed by atoms with Gasteiger partial charge in [0.2, 0.25) is 5.91 Å². The molecule has 6 nitrogen and oxygen atoms in total. The van der Waals surface area contributed by atoms with Crippen molar-refractivity contribution in [1.82, 2.24) is 10.3 Å². The number of rotatable bonds is 12. The van der Waals surface area contributed by atoms with E-state index in [2.05, 4.69) is 16.4 Å². The van der Waals surface area contributed by atoms with Crippen LogP contribution in [0.4, 0.5) is 0 Å². The van der Waals surface area contributed by atoms with Crippen LogP contribution in [0, 0.1) is 0 Å². The van der Waals surface area contributed by atoms with Crippen molar-refractivity contribution in [3.05, 3.63) is 28.9 Å².